The van der Waals surface area contributed by atoms with Crippen LogP contribution in [-0.2, 0) is 9.59 Å². The lowest BCUT2D eigenvalue weighted by Gasteiger charge is -2.41. The van der Waals surface area contributed by atoms with Gasteiger partial charge in [-0.25, -0.2) is 9.78 Å². The second-order valence-electron chi connectivity index (χ2n) is 9.71. The molecule has 2 bridgehead atoms. The molecule has 6 atom stereocenters. The highest BCUT2D eigenvalue weighted by Crippen LogP contribution is 2.48. The van der Waals surface area contributed by atoms with Gasteiger partial charge in [0.2, 0.25) is 11.9 Å². The Bertz CT molecular complexity index is 1080. The Morgan fingerprint density at radius 3 is 2.28 bits per heavy atom. The fourth-order valence-electron chi connectivity index (χ4n) is 5.79. The minimum absolute atomic E-state index is 0.00429. The Morgan fingerprint density at radius 2 is 1.75 bits per heavy atom. The first-order valence-electron chi connectivity index (χ1n) is 11.6. The third-order valence-corrected chi connectivity index (χ3v) is 7.52. The minimum atomic E-state index is -5.08. The van der Waals surface area contributed by atoms with Crippen molar-refractivity contribution in [3.63, 3.8) is 0 Å². The number of nitrogens with zero attached hydrogens (tertiary/aromatic N) is 4. The number of fused-ring (bicyclic) bond motifs is 3. The van der Waals surface area contributed by atoms with Crippen LogP contribution in [0.1, 0.15) is 48.9 Å². The summed E-state index contributed by atoms with van der Waals surface area (Å²) in [7, 11) is 0. The Balaban J connectivity index is 0.000000384. The first-order valence-corrected chi connectivity index (χ1v) is 11.6. The number of hydrogen-bond acceptors (Lipinski definition) is 6. The number of halogens is 4. The van der Waals surface area contributed by atoms with E-state index in [4.69, 9.17) is 15.6 Å². The van der Waals surface area contributed by atoms with Crippen molar-refractivity contribution >= 4 is 17.8 Å². The van der Waals surface area contributed by atoms with Crippen molar-refractivity contribution in [3.05, 3.63) is 29.8 Å². The lowest BCUT2D eigenvalue weighted by molar-refractivity contribution is -0.192. The molecule has 4 fully saturated rings. The number of carboxylic acids is 1. The summed E-state index contributed by atoms with van der Waals surface area (Å²) in [5.74, 6) is -3.25. The van der Waals surface area contributed by atoms with Gasteiger partial charge in [0.05, 0.1) is 12.1 Å². The Morgan fingerprint density at radius 1 is 1.14 bits per heavy atom. The van der Waals surface area contributed by atoms with Gasteiger partial charge in [-0.3, -0.25) is 9.59 Å². The number of pyridine rings is 1. The standard InChI is InChI=1S/C21H24FN5O2.C2HF3O2/c22-18-9-11(3-4-25-18)20(28)26-14-1-2-15(26)7-13(6-14)19(24)21(29)27-16(10-23)5-12-8-17(12)27;3-2(4,5)1(6)7/h3-4,9,12-17,19H,1-2,5-8,24H2;(H,6,7)/t12-,13?,14?,15?,16+,17+,19-;/m0./s1. The molecule has 194 valence electrons. The maximum atomic E-state index is 13.4. The van der Waals surface area contributed by atoms with Crippen LogP contribution in [-0.4, -0.2) is 74.1 Å². The Hall–Kier alpha value is -3.27. The Kier molecular flexibility index (Phi) is 6.92. The predicted octanol–water partition coefficient (Wildman–Crippen LogP) is 2.08. The topological polar surface area (TPSA) is 141 Å². The number of hydrogen-bond donors (Lipinski definition) is 2. The molecule has 9 nitrogen and oxygen atoms in total. The van der Waals surface area contributed by atoms with Gasteiger partial charge in [-0.05, 0) is 56.4 Å². The molecule has 3 aliphatic heterocycles. The zero-order valence-corrected chi connectivity index (χ0v) is 19.1. The summed E-state index contributed by atoms with van der Waals surface area (Å²) < 4.78 is 45.2. The van der Waals surface area contributed by atoms with Gasteiger partial charge in [0, 0.05) is 36.0 Å². The maximum Gasteiger partial charge on any atom is 0.490 e. The quantitative estimate of drug-likeness (QED) is 0.468. The van der Waals surface area contributed by atoms with E-state index >= 15 is 0 Å². The van der Waals surface area contributed by atoms with Gasteiger partial charge in [-0.15, -0.1) is 0 Å². The van der Waals surface area contributed by atoms with Crippen molar-refractivity contribution in [1.82, 2.24) is 14.8 Å². The van der Waals surface area contributed by atoms with E-state index in [2.05, 4.69) is 11.1 Å². The number of aromatic nitrogens is 1. The van der Waals surface area contributed by atoms with Crippen LogP contribution in [0.3, 0.4) is 0 Å². The smallest absolute Gasteiger partial charge is 0.475 e. The van der Waals surface area contributed by atoms with Crippen LogP contribution in [0.2, 0.25) is 0 Å². The van der Waals surface area contributed by atoms with E-state index < -0.39 is 24.1 Å². The minimum Gasteiger partial charge on any atom is -0.475 e. The number of likely N-dealkylation sites (tertiary alicyclic amines) is 1. The Labute approximate surface area is 203 Å². The molecule has 4 heterocycles. The monoisotopic (exact) mass is 511 g/mol. The lowest BCUT2D eigenvalue weighted by Crippen LogP contribution is -2.55. The zero-order chi connectivity index (χ0) is 26.4. The summed E-state index contributed by atoms with van der Waals surface area (Å²) in [6.07, 6.45) is 1.05. The molecule has 4 aliphatic rings. The highest BCUT2D eigenvalue weighted by Gasteiger charge is 2.56. The summed E-state index contributed by atoms with van der Waals surface area (Å²) >= 11 is 0. The van der Waals surface area contributed by atoms with Crippen molar-refractivity contribution in [2.45, 2.75) is 74.9 Å². The van der Waals surface area contributed by atoms with E-state index in [9.17, 15) is 32.4 Å². The van der Waals surface area contributed by atoms with Crippen molar-refractivity contribution in [1.29, 1.82) is 5.26 Å². The summed E-state index contributed by atoms with van der Waals surface area (Å²) in [5, 5.41) is 16.5. The number of carbonyl (C=O) groups is 3. The second-order valence-corrected chi connectivity index (χ2v) is 9.71. The summed E-state index contributed by atoms with van der Waals surface area (Å²) in [5.41, 5.74) is 6.72. The fourth-order valence-corrected chi connectivity index (χ4v) is 5.79. The van der Waals surface area contributed by atoms with Crippen LogP contribution >= 0.6 is 0 Å². The van der Waals surface area contributed by atoms with Crippen molar-refractivity contribution in [3.8, 4) is 6.07 Å². The number of carboxylic acid groups (broad SMARTS) is 1. The predicted molar refractivity (Wildman–Crippen MR) is 114 cm³/mol. The summed E-state index contributed by atoms with van der Waals surface area (Å²) in [4.78, 5) is 42.0. The molecule has 3 N–H and O–H groups in total. The average molecular weight is 511 g/mol. The van der Waals surface area contributed by atoms with Crippen molar-refractivity contribution in [2.24, 2.45) is 17.6 Å². The maximum absolute atomic E-state index is 13.4. The molecule has 2 amide bonds. The molecule has 3 saturated heterocycles. The van der Waals surface area contributed by atoms with E-state index in [1.165, 1.54) is 18.3 Å². The van der Waals surface area contributed by atoms with Gasteiger partial charge in [-0.2, -0.15) is 22.8 Å². The van der Waals surface area contributed by atoms with Gasteiger partial charge < -0.3 is 20.6 Å². The van der Waals surface area contributed by atoms with Crippen LogP contribution in [0.25, 0.3) is 0 Å². The van der Waals surface area contributed by atoms with Gasteiger partial charge in [0.25, 0.3) is 5.91 Å². The highest BCUT2D eigenvalue weighted by molar-refractivity contribution is 5.95. The van der Waals surface area contributed by atoms with Gasteiger partial charge in [0.15, 0.2) is 0 Å². The van der Waals surface area contributed by atoms with Crippen LogP contribution in [0, 0.1) is 29.1 Å². The van der Waals surface area contributed by atoms with E-state index in [1.807, 2.05) is 4.90 Å². The lowest BCUT2D eigenvalue weighted by atomic mass is 9.84. The van der Waals surface area contributed by atoms with E-state index in [-0.39, 0.29) is 41.9 Å². The number of aliphatic carboxylic acids is 1. The van der Waals surface area contributed by atoms with E-state index in [0.717, 1.165) is 25.7 Å². The number of nitriles is 1. The fraction of sp³-hybridized carbons (Fsp3) is 0.609. The normalized spacial score (nSPS) is 31.0. The van der Waals surface area contributed by atoms with Gasteiger partial charge >= 0.3 is 12.1 Å². The van der Waals surface area contributed by atoms with E-state index in [0.29, 0.717) is 24.3 Å². The molecule has 2 unspecified atom stereocenters. The number of nitrogens with two attached hydrogens (primary N) is 1. The molecular weight excluding hydrogens is 486 g/mol. The van der Waals surface area contributed by atoms with Crippen LogP contribution in [0.5, 0.6) is 0 Å². The molecule has 0 aromatic carbocycles. The SMILES string of the molecule is N#C[C@H]1C[C@H]2C[C@H]2N1C(=O)[C@@H](N)C1CC2CCC(C1)N2C(=O)c1ccnc(F)c1.O=C(O)C(F)(F)F. The third kappa shape index (κ3) is 5.00. The first-order chi connectivity index (χ1) is 16.9. The number of piperidine rings is 2. The second kappa shape index (κ2) is 9.65. The van der Waals surface area contributed by atoms with Crippen molar-refractivity contribution < 1.29 is 37.1 Å². The molecule has 0 radical (unpaired) electrons. The largest absolute Gasteiger partial charge is 0.490 e. The third-order valence-electron chi connectivity index (χ3n) is 7.52. The molecule has 1 aliphatic carbocycles. The van der Waals surface area contributed by atoms with Crippen LogP contribution in [0.4, 0.5) is 17.6 Å². The molecule has 1 saturated carbocycles. The molecule has 1 aromatic rings. The van der Waals surface area contributed by atoms with Gasteiger partial charge in [-0.1, -0.05) is 0 Å². The summed E-state index contributed by atoms with van der Waals surface area (Å²) in [6, 6.07) is 4.19. The number of rotatable bonds is 3. The summed E-state index contributed by atoms with van der Waals surface area (Å²) in [6.45, 7) is 0. The highest BCUT2D eigenvalue weighted by atomic mass is 19.4. The van der Waals surface area contributed by atoms with Crippen molar-refractivity contribution in [2.75, 3.05) is 0 Å². The number of carbonyl (C=O) groups excluding carboxylic acids is 2. The molecule has 36 heavy (non-hydrogen) atoms. The molecule has 0 spiro atoms. The molecular formula is C23H25F4N5O4. The van der Waals surface area contributed by atoms with Crippen LogP contribution in [0.15, 0.2) is 18.3 Å². The van der Waals surface area contributed by atoms with E-state index in [1.54, 1.807) is 4.90 Å². The zero-order valence-electron chi connectivity index (χ0n) is 19.1. The number of amides is 2. The molecule has 13 heteroatoms. The average Bonchev–Trinajstić information content (AvgIpc) is 3.41. The molecule has 1 aromatic heterocycles. The first kappa shape index (κ1) is 25.8. The number of alkyl halides is 3. The van der Waals surface area contributed by atoms with Crippen LogP contribution < -0.4 is 5.73 Å². The molecule has 5 rings (SSSR count). The van der Waals surface area contributed by atoms with Gasteiger partial charge in [0.1, 0.15) is 6.04 Å².